The van der Waals surface area contributed by atoms with Crippen LogP contribution in [0.4, 0.5) is 5.69 Å². The number of hydrazine groups is 1. The molecule has 0 spiro atoms. The van der Waals surface area contributed by atoms with Crippen molar-refractivity contribution in [1.82, 2.24) is 5.43 Å². The van der Waals surface area contributed by atoms with E-state index in [1.165, 1.54) is 0 Å². The lowest BCUT2D eigenvalue weighted by molar-refractivity contribution is -0.386. The Kier molecular flexibility index (Phi) is 6.45. The first kappa shape index (κ1) is 15.9. The standard InChI is InChI=1S/C13H19N3O4/c1-10-6-5-7-11(13(10)16(18)19)20-9-4-2-3-8-12(17)15-14/h5-7H,2-4,8-9,14H2,1H3,(H,15,17). The zero-order chi connectivity index (χ0) is 15.0. The quantitative estimate of drug-likeness (QED) is 0.248. The highest BCUT2D eigenvalue weighted by Crippen LogP contribution is 2.30. The van der Waals surface area contributed by atoms with Gasteiger partial charge in [-0.15, -0.1) is 0 Å². The van der Waals surface area contributed by atoms with Crippen LogP contribution in [0.15, 0.2) is 18.2 Å². The number of carbonyl (C=O) groups is 1. The Morgan fingerprint density at radius 3 is 2.80 bits per heavy atom. The largest absolute Gasteiger partial charge is 0.487 e. The molecule has 3 N–H and O–H groups in total. The minimum atomic E-state index is -0.434. The number of ether oxygens (including phenoxy) is 1. The lowest BCUT2D eigenvalue weighted by Gasteiger charge is -2.08. The van der Waals surface area contributed by atoms with Crippen molar-refractivity contribution in [3.63, 3.8) is 0 Å². The highest BCUT2D eigenvalue weighted by atomic mass is 16.6. The molecule has 1 aromatic rings. The van der Waals surface area contributed by atoms with Gasteiger partial charge in [0.15, 0.2) is 5.75 Å². The topological polar surface area (TPSA) is 107 Å². The number of nitrogens with one attached hydrogen (secondary N) is 1. The number of amides is 1. The molecule has 7 nitrogen and oxygen atoms in total. The minimum Gasteiger partial charge on any atom is -0.487 e. The van der Waals surface area contributed by atoms with Crippen molar-refractivity contribution in [2.24, 2.45) is 5.84 Å². The first-order valence-electron chi connectivity index (χ1n) is 6.42. The fourth-order valence-electron chi connectivity index (χ4n) is 1.80. The normalized spacial score (nSPS) is 10.1. The number of rotatable bonds is 8. The van der Waals surface area contributed by atoms with E-state index < -0.39 is 4.92 Å². The predicted molar refractivity (Wildman–Crippen MR) is 74.1 cm³/mol. The van der Waals surface area contributed by atoms with Crippen molar-refractivity contribution in [2.45, 2.75) is 32.6 Å². The summed E-state index contributed by atoms with van der Waals surface area (Å²) < 4.78 is 5.45. The van der Waals surface area contributed by atoms with Crippen LogP contribution in [0.1, 0.15) is 31.2 Å². The molecule has 0 saturated heterocycles. The van der Waals surface area contributed by atoms with Gasteiger partial charge in [-0.05, 0) is 32.3 Å². The van der Waals surface area contributed by atoms with Gasteiger partial charge >= 0.3 is 5.69 Å². The van der Waals surface area contributed by atoms with Crippen LogP contribution in [0.3, 0.4) is 0 Å². The van der Waals surface area contributed by atoms with E-state index in [0.29, 0.717) is 25.0 Å². The molecule has 0 heterocycles. The summed E-state index contributed by atoms with van der Waals surface area (Å²) in [5, 5.41) is 11.0. The maximum absolute atomic E-state index is 11.0. The van der Waals surface area contributed by atoms with Crippen LogP contribution in [0.25, 0.3) is 0 Å². The Morgan fingerprint density at radius 2 is 2.15 bits per heavy atom. The summed E-state index contributed by atoms with van der Waals surface area (Å²) in [7, 11) is 0. The third kappa shape index (κ3) is 4.85. The number of nitro benzene ring substituents is 1. The lowest BCUT2D eigenvalue weighted by atomic mass is 10.2. The molecule has 0 fully saturated rings. The SMILES string of the molecule is Cc1cccc(OCCCCCC(=O)NN)c1[N+](=O)[O-]. The first-order valence-corrected chi connectivity index (χ1v) is 6.42. The Labute approximate surface area is 117 Å². The van der Waals surface area contributed by atoms with Gasteiger partial charge in [0, 0.05) is 12.0 Å². The third-order valence-corrected chi connectivity index (χ3v) is 2.85. The molecule has 0 saturated carbocycles. The van der Waals surface area contributed by atoms with E-state index in [1.54, 1.807) is 25.1 Å². The van der Waals surface area contributed by atoms with Gasteiger partial charge in [-0.25, -0.2) is 5.84 Å². The van der Waals surface area contributed by atoms with Crippen LogP contribution in [0.2, 0.25) is 0 Å². The summed E-state index contributed by atoms with van der Waals surface area (Å²) in [5.74, 6) is 5.05. The van der Waals surface area contributed by atoms with Gasteiger partial charge in [-0.2, -0.15) is 0 Å². The van der Waals surface area contributed by atoms with Crippen molar-refractivity contribution >= 4 is 11.6 Å². The van der Waals surface area contributed by atoms with Crippen LogP contribution < -0.4 is 16.0 Å². The number of hydrogen-bond donors (Lipinski definition) is 2. The number of aryl methyl sites for hydroxylation is 1. The van der Waals surface area contributed by atoms with Crippen molar-refractivity contribution < 1.29 is 14.5 Å². The molecule has 1 rings (SSSR count). The second kappa shape index (κ2) is 8.11. The number of nitrogens with two attached hydrogens (primary N) is 1. The molecule has 0 aliphatic rings. The summed E-state index contributed by atoms with van der Waals surface area (Å²) in [5.41, 5.74) is 2.65. The highest BCUT2D eigenvalue weighted by Gasteiger charge is 2.17. The maximum Gasteiger partial charge on any atom is 0.313 e. The van der Waals surface area contributed by atoms with E-state index in [0.717, 1.165) is 12.8 Å². The Morgan fingerprint density at radius 1 is 1.40 bits per heavy atom. The van der Waals surface area contributed by atoms with Gasteiger partial charge in [-0.3, -0.25) is 20.3 Å². The van der Waals surface area contributed by atoms with Crippen LogP contribution >= 0.6 is 0 Å². The van der Waals surface area contributed by atoms with Crippen LogP contribution in [0.5, 0.6) is 5.75 Å². The first-order chi connectivity index (χ1) is 9.56. The molecule has 0 aliphatic carbocycles. The number of carbonyl (C=O) groups excluding carboxylic acids is 1. The van der Waals surface area contributed by atoms with Crippen LogP contribution in [-0.2, 0) is 4.79 Å². The average Bonchev–Trinajstić information content (AvgIpc) is 2.41. The number of para-hydroxylation sites is 1. The Hall–Kier alpha value is -2.15. The van der Waals surface area contributed by atoms with E-state index in [-0.39, 0.29) is 17.3 Å². The molecular weight excluding hydrogens is 262 g/mol. The predicted octanol–water partition coefficient (Wildman–Crippen LogP) is 1.83. The second-order valence-electron chi connectivity index (χ2n) is 4.41. The molecule has 110 valence electrons. The fourth-order valence-corrected chi connectivity index (χ4v) is 1.80. The maximum atomic E-state index is 11.0. The number of hydrogen-bond acceptors (Lipinski definition) is 5. The van der Waals surface area contributed by atoms with Crippen LogP contribution in [-0.4, -0.2) is 17.4 Å². The van der Waals surface area contributed by atoms with Gasteiger partial charge in [-0.1, -0.05) is 12.1 Å². The van der Waals surface area contributed by atoms with Gasteiger partial charge < -0.3 is 4.74 Å². The molecule has 0 bridgehead atoms. The monoisotopic (exact) mass is 281 g/mol. The summed E-state index contributed by atoms with van der Waals surface area (Å²) in [6.07, 6.45) is 2.61. The number of nitro groups is 1. The van der Waals surface area contributed by atoms with E-state index in [9.17, 15) is 14.9 Å². The zero-order valence-corrected chi connectivity index (χ0v) is 11.4. The molecule has 7 heteroatoms. The molecule has 0 aromatic heterocycles. The summed E-state index contributed by atoms with van der Waals surface area (Å²) in [6, 6.07) is 4.99. The molecule has 1 amide bonds. The van der Waals surface area contributed by atoms with Crippen LogP contribution in [0, 0.1) is 17.0 Å². The number of nitrogens with zero attached hydrogens (tertiary/aromatic N) is 1. The smallest absolute Gasteiger partial charge is 0.313 e. The molecule has 0 atom stereocenters. The zero-order valence-electron chi connectivity index (χ0n) is 11.4. The lowest BCUT2D eigenvalue weighted by Crippen LogP contribution is -2.29. The highest BCUT2D eigenvalue weighted by molar-refractivity contribution is 5.75. The summed E-state index contributed by atoms with van der Waals surface area (Å²) in [4.78, 5) is 21.4. The van der Waals surface area contributed by atoms with Crippen molar-refractivity contribution in [1.29, 1.82) is 0 Å². The van der Waals surface area contributed by atoms with Crippen molar-refractivity contribution in [3.05, 3.63) is 33.9 Å². The molecule has 1 aromatic carbocycles. The van der Waals surface area contributed by atoms with E-state index in [2.05, 4.69) is 5.43 Å². The average molecular weight is 281 g/mol. The fraction of sp³-hybridized carbons (Fsp3) is 0.462. The Bertz CT molecular complexity index is 477. The second-order valence-corrected chi connectivity index (χ2v) is 4.41. The van der Waals surface area contributed by atoms with Gasteiger partial charge in [0.2, 0.25) is 5.91 Å². The third-order valence-electron chi connectivity index (χ3n) is 2.85. The van der Waals surface area contributed by atoms with Gasteiger partial charge in [0.05, 0.1) is 11.5 Å². The summed E-state index contributed by atoms with van der Waals surface area (Å²) in [6.45, 7) is 2.06. The van der Waals surface area contributed by atoms with Crippen molar-refractivity contribution in [2.75, 3.05) is 6.61 Å². The number of unbranched alkanes of at least 4 members (excludes halogenated alkanes) is 2. The molecule has 20 heavy (non-hydrogen) atoms. The van der Waals surface area contributed by atoms with Crippen molar-refractivity contribution in [3.8, 4) is 5.75 Å². The molecule has 0 unspecified atom stereocenters. The minimum absolute atomic E-state index is 0.00927. The van der Waals surface area contributed by atoms with E-state index in [1.807, 2.05) is 0 Å². The molecule has 0 aliphatic heterocycles. The van der Waals surface area contributed by atoms with Gasteiger partial charge in [0.25, 0.3) is 0 Å². The van der Waals surface area contributed by atoms with E-state index in [4.69, 9.17) is 10.6 Å². The summed E-state index contributed by atoms with van der Waals surface area (Å²) >= 11 is 0. The molecule has 0 radical (unpaired) electrons. The Balaban J connectivity index is 2.37. The number of benzene rings is 1. The van der Waals surface area contributed by atoms with Gasteiger partial charge in [0.1, 0.15) is 0 Å². The molecular formula is C13H19N3O4. The van der Waals surface area contributed by atoms with E-state index >= 15 is 0 Å².